The van der Waals surface area contributed by atoms with Crippen LogP contribution in [0.1, 0.15) is 23.9 Å². The maximum absolute atomic E-state index is 12.9. The Morgan fingerprint density at radius 3 is 2.65 bits per heavy atom. The Kier molecular flexibility index (Phi) is 7.48. The Hall–Kier alpha value is -5.12. The molecule has 10 nitrogen and oxygen atoms in total. The molecule has 0 atom stereocenters. The highest BCUT2D eigenvalue weighted by atomic mass is 16.6. The maximum atomic E-state index is 12.9. The molecule has 0 unspecified atom stereocenters. The van der Waals surface area contributed by atoms with E-state index in [1.165, 1.54) is 48.4 Å². The second-order valence-corrected chi connectivity index (χ2v) is 7.78. The first-order valence-corrected chi connectivity index (χ1v) is 11.3. The molecule has 0 aliphatic heterocycles. The summed E-state index contributed by atoms with van der Waals surface area (Å²) in [7, 11) is 1.43. The quantitative estimate of drug-likeness (QED) is 0.0881. The number of hydrogen-bond donors (Lipinski definition) is 0. The molecule has 1 heterocycles. The first kappa shape index (κ1) is 25.0. The Morgan fingerprint density at radius 2 is 1.89 bits per heavy atom. The topological polar surface area (TPSA) is 126 Å². The number of esters is 1. The van der Waals surface area contributed by atoms with Crippen LogP contribution in [0.3, 0.4) is 0 Å². The van der Waals surface area contributed by atoms with E-state index in [0.717, 1.165) is 0 Å². The van der Waals surface area contributed by atoms with Crippen LogP contribution in [0.4, 0.5) is 5.69 Å². The van der Waals surface area contributed by atoms with Gasteiger partial charge in [-0.25, -0.2) is 9.78 Å². The van der Waals surface area contributed by atoms with Gasteiger partial charge in [-0.15, -0.1) is 0 Å². The molecule has 0 N–H and O–H groups in total. The molecule has 1 aromatic heterocycles. The van der Waals surface area contributed by atoms with E-state index in [4.69, 9.17) is 9.47 Å². The Morgan fingerprint density at radius 1 is 1.08 bits per heavy atom. The first-order chi connectivity index (χ1) is 17.9. The standard InChI is InChI=1S/C27H22N4O6/c1-3-25-29-22-10-5-4-9-21(22)27(33)30(25)28-17-19-11-13-23(24(16-19)36-2)37-26(32)14-12-18-7-6-8-20(15-18)31(34)35/h4-17H,3H2,1-2H3/b14-12+,28-17?. The molecular formula is C27H22N4O6. The highest BCUT2D eigenvalue weighted by Gasteiger charge is 2.11. The largest absolute Gasteiger partial charge is 0.493 e. The minimum absolute atomic E-state index is 0.0813. The van der Waals surface area contributed by atoms with Crippen molar-refractivity contribution in [3.05, 3.63) is 110 Å². The summed E-state index contributed by atoms with van der Waals surface area (Å²) >= 11 is 0. The summed E-state index contributed by atoms with van der Waals surface area (Å²) < 4.78 is 12.0. The summed E-state index contributed by atoms with van der Waals surface area (Å²) in [4.78, 5) is 40.2. The lowest BCUT2D eigenvalue weighted by molar-refractivity contribution is -0.384. The van der Waals surface area contributed by atoms with Gasteiger partial charge in [-0.3, -0.25) is 14.9 Å². The molecule has 0 saturated heterocycles. The number of para-hydroxylation sites is 1. The van der Waals surface area contributed by atoms with Crippen molar-refractivity contribution in [3.63, 3.8) is 0 Å². The van der Waals surface area contributed by atoms with E-state index in [0.29, 0.717) is 34.3 Å². The lowest BCUT2D eigenvalue weighted by Gasteiger charge is -2.09. The van der Waals surface area contributed by atoms with Crippen LogP contribution >= 0.6 is 0 Å². The molecule has 0 bridgehead atoms. The average molecular weight is 498 g/mol. The van der Waals surface area contributed by atoms with Crippen LogP contribution in [-0.2, 0) is 11.2 Å². The monoisotopic (exact) mass is 498 g/mol. The van der Waals surface area contributed by atoms with Crippen molar-refractivity contribution in [2.24, 2.45) is 5.10 Å². The predicted octanol–water partition coefficient (Wildman–Crippen LogP) is 4.38. The van der Waals surface area contributed by atoms with E-state index < -0.39 is 10.9 Å². The van der Waals surface area contributed by atoms with Gasteiger partial charge in [-0.2, -0.15) is 9.78 Å². The SMILES string of the molecule is CCc1nc2ccccc2c(=O)n1N=Cc1ccc(OC(=O)/C=C/c2cccc([N+](=O)[O-])c2)c(OC)c1. The van der Waals surface area contributed by atoms with Gasteiger partial charge in [0.05, 0.1) is 29.2 Å². The van der Waals surface area contributed by atoms with Crippen molar-refractivity contribution in [2.45, 2.75) is 13.3 Å². The van der Waals surface area contributed by atoms with Crippen LogP contribution in [-0.4, -0.2) is 33.9 Å². The van der Waals surface area contributed by atoms with E-state index >= 15 is 0 Å². The number of nitrogens with zero attached hydrogens (tertiary/aromatic N) is 4. The third-order valence-corrected chi connectivity index (χ3v) is 5.35. The molecular weight excluding hydrogens is 476 g/mol. The van der Waals surface area contributed by atoms with Crippen LogP contribution in [0, 0.1) is 10.1 Å². The van der Waals surface area contributed by atoms with Crippen molar-refractivity contribution < 1.29 is 19.2 Å². The van der Waals surface area contributed by atoms with E-state index in [2.05, 4.69) is 10.1 Å². The number of aryl methyl sites for hydroxylation is 1. The molecule has 0 saturated carbocycles. The Balaban J connectivity index is 1.54. The zero-order valence-corrected chi connectivity index (χ0v) is 20.0. The van der Waals surface area contributed by atoms with Gasteiger partial charge in [0.1, 0.15) is 5.82 Å². The number of carbonyl (C=O) groups is 1. The van der Waals surface area contributed by atoms with Crippen molar-refractivity contribution in [1.82, 2.24) is 9.66 Å². The van der Waals surface area contributed by atoms with Crippen molar-refractivity contribution in [1.29, 1.82) is 0 Å². The normalized spacial score (nSPS) is 11.3. The van der Waals surface area contributed by atoms with Gasteiger partial charge in [-0.05, 0) is 47.5 Å². The fraction of sp³-hybridized carbons (Fsp3) is 0.111. The number of nitro groups is 1. The van der Waals surface area contributed by atoms with E-state index in [-0.39, 0.29) is 22.7 Å². The molecule has 0 radical (unpaired) electrons. The number of rotatable bonds is 8. The molecule has 3 aromatic carbocycles. The molecule has 0 spiro atoms. The highest BCUT2D eigenvalue weighted by molar-refractivity contribution is 5.89. The molecule has 0 aliphatic carbocycles. The molecule has 10 heteroatoms. The van der Waals surface area contributed by atoms with Crippen LogP contribution in [0.15, 0.2) is 82.7 Å². The lowest BCUT2D eigenvalue weighted by atomic mass is 10.2. The van der Waals surface area contributed by atoms with E-state index in [1.54, 1.807) is 42.5 Å². The number of benzene rings is 3. The van der Waals surface area contributed by atoms with Crippen molar-refractivity contribution in [3.8, 4) is 11.5 Å². The first-order valence-electron chi connectivity index (χ1n) is 11.3. The van der Waals surface area contributed by atoms with Crippen LogP contribution in [0.5, 0.6) is 11.5 Å². The molecule has 0 fully saturated rings. The second-order valence-electron chi connectivity index (χ2n) is 7.78. The Labute approximate surface area is 211 Å². The van der Waals surface area contributed by atoms with Gasteiger partial charge in [0.15, 0.2) is 11.5 Å². The van der Waals surface area contributed by atoms with Crippen LogP contribution < -0.4 is 15.0 Å². The summed E-state index contributed by atoms with van der Waals surface area (Å²) in [6.07, 6.45) is 4.59. The lowest BCUT2D eigenvalue weighted by Crippen LogP contribution is -2.22. The molecule has 4 aromatic rings. The molecule has 0 amide bonds. The minimum atomic E-state index is -0.687. The summed E-state index contributed by atoms with van der Waals surface area (Å²) in [5.41, 5.74) is 1.35. The smallest absolute Gasteiger partial charge is 0.336 e. The number of carbonyl (C=O) groups excluding carboxylic acids is 1. The van der Waals surface area contributed by atoms with Gasteiger partial charge in [0, 0.05) is 24.6 Å². The molecule has 4 rings (SSSR count). The number of methoxy groups -OCH3 is 1. The van der Waals surface area contributed by atoms with Gasteiger partial charge in [0.25, 0.3) is 11.2 Å². The van der Waals surface area contributed by atoms with Crippen molar-refractivity contribution in [2.75, 3.05) is 7.11 Å². The fourth-order valence-electron chi connectivity index (χ4n) is 3.54. The fourth-order valence-corrected chi connectivity index (χ4v) is 3.54. The van der Waals surface area contributed by atoms with E-state index in [1.807, 2.05) is 13.0 Å². The summed E-state index contributed by atoms with van der Waals surface area (Å²) in [5.74, 6) is 0.286. The zero-order valence-electron chi connectivity index (χ0n) is 20.0. The summed E-state index contributed by atoms with van der Waals surface area (Å²) in [6.45, 7) is 1.89. The number of fused-ring (bicyclic) bond motifs is 1. The highest BCUT2D eigenvalue weighted by Crippen LogP contribution is 2.28. The Bertz CT molecular complexity index is 1610. The average Bonchev–Trinajstić information content (AvgIpc) is 2.92. The number of hydrogen-bond acceptors (Lipinski definition) is 8. The number of aromatic nitrogens is 2. The van der Waals surface area contributed by atoms with Crippen LogP contribution in [0.2, 0.25) is 0 Å². The van der Waals surface area contributed by atoms with Gasteiger partial charge in [0.2, 0.25) is 0 Å². The third kappa shape index (κ3) is 5.76. The van der Waals surface area contributed by atoms with Gasteiger partial charge >= 0.3 is 5.97 Å². The van der Waals surface area contributed by atoms with Gasteiger partial charge in [-0.1, -0.05) is 31.2 Å². The minimum Gasteiger partial charge on any atom is -0.493 e. The zero-order chi connectivity index (χ0) is 26.4. The summed E-state index contributed by atoms with van der Waals surface area (Å²) in [5, 5.41) is 15.7. The van der Waals surface area contributed by atoms with Crippen LogP contribution in [0.25, 0.3) is 17.0 Å². The number of non-ortho nitro benzene ring substituents is 1. The molecule has 37 heavy (non-hydrogen) atoms. The maximum Gasteiger partial charge on any atom is 0.336 e. The third-order valence-electron chi connectivity index (χ3n) is 5.35. The number of ether oxygens (including phenoxy) is 2. The predicted molar refractivity (Wildman–Crippen MR) is 139 cm³/mol. The molecule has 0 aliphatic rings. The van der Waals surface area contributed by atoms with Gasteiger partial charge < -0.3 is 9.47 Å². The second kappa shape index (κ2) is 11.1. The van der Waals surface area contributed by atoms with E-state index in [9.17, 15) is 19.7 Å². The number of nitro benzene ring substituents is 1. The summed E-state index contributed by atoms with van der Waals surface area (Å²) in [6, 6.07) is 17.8. The molecule has 186 valence electrons. The van der Waals surface area contributed by atoms with Crippen molar-refractivity contribution >= 4 is 34.9 Å².